The Labute approximate surface area is 135 Å². The highest BCUT2D eigenvalue weighted by molar-refractivity contribution is 5.79. The van der Waals surface area contributed by atoms with Crippen molar-refractivity contribution in [2.45, 2.75) is 38.2 Å². The van der Waals surface area contributed by atoms with Gasteiger partial charge in [-0.15, -0.1) is 0 Å². The molecule has 0 spiro atoms. The zero-order valence-electron chi connectivity index (χ0n) is 13.1. The van der Waals surface area contributed by atoms with Crippen molar-refractivity contribution in [3.63, 3.8) is 0 Å². The lowest BCUT2D eigenvalue weighted by atomic mass is 9.84. The Bertz CT molecular complexity index is 706. The second-order valence-electron chi connectivity index (χ2n) is 6.47. The maximum atomic E-state index is 12.3. The number of hydrogen-bond acceptors (Lipinski definition) is 4. The van der Waals surface area contributed by atoms with E-state index < -0.39 is 0 Å². The maximum Gasteiger partial charge on any atom is 0.233 e. The molecule has 2 heterocycles. The Morgan fingerprint density at radius 2 is 1.83 bits per heavy atom. The molecule has 1 aliphatic heterocycles. The number of para-hydroxylation sites is 2. The van der Waals surface area contributed by atoms with E-state index in [0.717, 1.165) is 49.8 Å². The van der Waals surface area contributed by atoms with Gasteiger partial charge in [0, 0.05) is 31.8 Å². The summed E-state index contributed by atoms with van der Waals surface area (Å²) in [5, 5.41) is 0. The molecule has 2 aliphatic rings. The molecule has 0 N–H and O–H groups in total. The van der Waals surface area contributed by atoms with Gasteiger partial charge < -0.3 is 9.64 Å². The molecule has 120 valence electrons. The van der Waals surface area contributed by atoms with Gasteiger partial charge in [0.25, 0.3) is 0 Å². The maximum absolute atomic E-state index is 12.3. The summed E-state index contributed by atoms with van der Waals surface area (Å²) in [6, 6.07) is 7.78. The quantitative estimate of drug-likeness (QED) is 0.874. The Morgan fingerprint density at radius 3 is 2.52 bits per heavy atom. The summed E-state index contributed by atoms with van der Waals surface area (Å²) < 4.78 is 5.98. The Balaban J connectivity index is 1.35. The molecule has 0 radical (unpaired) electrons. The summed E-state index contributed by atoms with van der Waals surface area (Å²) in [5.74, 6) is 1.21. The molecule has 1 aromatic heterocycles. The third-order valence-corrected chi connectivity index (χ3v) is 4.92. The molecule has 2 fully saturated rings. The van der Waals surface area contributed by atoms with Crippen molar-refractivity contribution < 1.29 is 9.53 Å². The third-order valence-electron chi connectivity index (χ3n) is 4.92. The lowest BCUT2D eigenvalue weighted by Crippen LogP contribution is -2.45. The Morgan fingerprint density at radius 1 is 1.09 bits per heavy atom. The van der Waals surface area contributed by atoms with E-state index in [-0.39, 0.29) is 6.10 Å². The van der Waals surface area contributed by atoms with Crippen molar-refractivity contribution in [3.8, 4) is 5.88 Å². The van der Waals surface area contributed by atoms with Gasteiger partial charge in [0.1, 0.15) is 6.10 Å². The van der Waals surface area contributed by atoms with Gasteiger partial charge in [0.15, 0.2) is 0 Å². The van der Waals surface area contributed by atoms with Crippen molar-refractivity contribution >= 4 is 16.9 Å². The van der Waals surface area contributed by atoms with Crippen LogP contribution in [0.4, 0.5) is 0 Å². The zero-order valence-corrected chi connectivity index (χ0v) is 13.1. The average Bonchev–Trinajstić information content (AvgIpc) is 2.54. The molecule has 5 heteroatoms. The monoisotopic (exact) mass is 311 g/mol. The molecule has 1 saturated heterocycles. The fourth-order valence-corrected chi connectivity index (χ4v) is 3.28. The average molecular weight is 311 g/mol. The number of rotatable bonds is 3. The number of ether oxygens (including phenoxy) is 1. The minimum Gasteiger partial charge on any atom is -0.473 e. The summed E-state index contributed by atoms with van der Waals surface area (Å²) in [5.41, 5.74) is 1.73. The Hall–Kier alpha value is -2.17. The van der Waals surface area contributed by atoms with Crippen molar-refractivity contribution in [2.75, 3.05) is 13.1 Å². The molecule has 2 aromatic rings. The van der Waals surface area contributed by atoms with Crippen LogP contribution in [0.3, 0.4) is 0 Å². The van der Waals surface area contributed by atoms with Gasteiger partial charge >= 0.3 is 0 Å². The standard InChI is InChI=1S/C18H21N3O2/c22-18(13-4-3-5-13)21-10-8-14(9-11-21)23-17-12-19-15-6-1-2-7-16(15)20-17/h1-2,6-7,12-14H,3-5,8-11H2. The first kappa shape index (κ1) is 14.4. The molecule has 1 aliphatic carbocycles. The molecule has 0 bridgehead atoms. The van der Waals surface area contributed by atoms with Gasteiger partial charge in [-0.2, -0.15) is 0 Å². The number of hydrogen-bond donors (Lipinski definition) is 0. The fraction of sp³-hybridized carbons (Fsp3) is 0.500. The predicted octanol–water partition coefficient (Wildman–Crippen LogP) is 2.80. The van der Waals surface area contributed by atoms with Crippen LogP contribution >= 0.6 is 0 Å². The van der Waals surface area contributed by atoms with Gasteiger partial charge in [0.2, 0.25) is 11.8 Å². The van der Waals surface area contributed by atoms with Crippen LogP contribution in [0.1, 0.15) is 32.1 Å². The number of fused-ring (bicyclic) bond motifs is 1. The number of aromatic nitrogens is 2. The smallest absolute Gasteiger partial charge is 0.233 e. The van der Waals surface area contributed by atoms with Gasteiger partial charge in [-0.05, 0) is 25.0 Å². The number of likely N-dealkylation sites (tertiary alicyclic amines) is 1. The topological polar surface area (TPSA) is 55.3 Å². The summed E-state index contributed by atoms with van der Waals surface area (Å²) in [6.45, 7) is 1.59. The molecular weight excluding hydrogens is 290 g/mol. The van der Waals surface area contributed by atoms with E-state index >= 15 is 0 Å². The number of piperidine rings is 1. The number of carbonyl (C=O) groups is 1. The largest absolute Gasteiger partial charge is 0.473 e. The minimum absolute atomic E-state index is 0.121. The lowest BCUT2D eigenvalue weighted by molar-refractivity contribution is -0.140. The summed E-state index contributed by atoms with van der Waals surface area (Å²) >= 11 is 0. The number of carbonyl (C=O) groups excluding carboxylic acids is 1. The summed E-state index contributed by atoms with van der Waals surface area (Å²) in [4.78, 5) is 23.2. The van der Waals surface area contributed by atoms with Crippen LogP contribution in [0.5, 0.6) is 5.88 Å². The minimum atomic E-state index is 0.121. The van der Waals surface area contributed by atoms with Crippen LogP contribution in [0, 0.1) is 5.92 Å². The first-order valence-electron chi connectivity index (χ1n) is 8.47. The highest BCUT2D eigenvalue weighted by Gasteiger charge is 2.32. The van der Waals surface area contributed by atoms with E-state index in [1.807, 2.05) is 29.2 Å². The van der Waals surface area contributed by atoms with Crippen molar-refractivity contribution in [1.82, 2.24) is 14.9 Å². The second-order valence-corrected chi connectivity index (χ2v) is 6.47. The third kappa shape index (κ3) is 3.00. The fourth-order valence-electron chi connectivity index (χ4n) is 3.28. The highest BCUT2D eigenvalue weighted by Crippen LogP contribution is 2.29. The predicted molar refractivity (Wildman–Crippen MR) is 87.1 cm³/mol. The zero-order chi connectivity index (χ0) is 15.6. The lowest BCUT2D eigenvalue weighted by Gasteiger charge is -2.36. The summed E-state index contributed by atoms with van der Waals surface area (Å²) in [7, 11) is 0. The van der Waals surface area contributed by atoms with Crippen LogP contribution in [-0.2, 0) is 4.79 Å². The molecule has 1 saturated carbocycles. The molecule has 4 rings (SSSR count). The summed E-state index contributed by atoms with van der Waals surface area (Å²) in [6.07, 6.45) is 6.89. The molecule has 0 atom stereocenters. The van der Waals surface area contributed by atoms with Crippen LogP contribution in [0.2, 0.25) is 0 Å². The number of benzene rings is 1. The van der Waals surface area contributed by atoms with Crippen molar-refractivity contribution in [3.05, 3.63) is 30.5 Å². The normalized spacial score (nSPS) is 19.6. The molecule has 0 unspecified atom stereocenters. The number of amides is 1. The van der Waals surface area contributed by atoms with Crippen molar-refractivity contribution in [2.24, 2.45) is 5.92 Å². The molecule has 5 nitrogen and oxygen atoms in total. The van der Waals surface area contributed by atoms with Crippen LogP contribution in [-0.4, -0.2) is 40.0 Å². The highest BCUT2D eigenvalue weighted by atomic mass is 16.5. The first-order valence-corrected chi connectivity index (χ1v) is 8.47. The van der Waals surface area contributed by atoms with E-state index in [4.69, 9.17) is 4.74 Å². The van der Waals surface area contributed by atoms with E-state index in [1.54, 1.807) is 6.20 Å². The van der Waals surface area contributed by atoms with Crippen LogP contribution < -0.4 is 4.74 Å². The van der Waals surface area contributed by atoms with Crippen LogP contribution in [0.15, 0.2) is 30.5 Å². The van der Waals surface area contributed by atoms with E-state index in [0.29, 0.717) is 17.7 Å². The van der Waals surface area contributed by atoms with E-state index in [2.05, 4.69) is 9.97 Å². The number of nitrogens with zero attached hydrogens (tertiary/aromatic N) is 3. The van der Waals surface area contributed by atoms with Gasteiger partial charge in [-0.1, -0.05) is 18.6 Å². The van der Waals surface area contributed by atoms with E-state index in [1.165, 1.54) is 6.42 Å². The molecular formula is C18H21N3O2. The van der Waals surface area contributed by atoms with Gasteiger partial charge in [0.05, 0.1) is 17.2 Å². The van der Waals surface area contributed by atoms with Crippen molar-refractivity contribution in [1.29, 1.82) is 0 Å². The van der Waals surface area contributed by atoms with Gasteiger partial charge in [-0.25, -0.2) is 9.97 Å². The van der Waals surface area contributed by atoms with Crippen LogP contribution in [0.25, 0.3) is 11.0 Å². The van der Waals surface area contributed by atoms with E-state index in [9.17, 15) is 4.79 Å². The molecule has 23 heavy (non-hydrogen) atoms. The SMILES string of the molecule is O=C(C1CCC1)N1CCC(Oc2cnc3ccccc3n2)CC1. The Kier molecular flexibility index (Phi) is 3.85. The van der Waals surface area contributed by atoms with Gasteiger partial charge in [-0.3, -0.25) is 4.79 Å². The molecule has 1 aromatic carbocycles. The molecule has 1 amide bonds. The second kappa shape index (κ2) is 6.14. The first-order chi connectivity index (χ1) is 11.3.